The van der Waals surface area contributed by atoms with Gasteiger partial charge >= 0.3 is 0 Å². The third-order valence-electron chi connectivity index (χ3n) is 2.58. The summed E-state index contributed by atoms with van der Waals surface area (Å²) in [4.78, 5) is 0. The zero-order chi connectivity index (χ0) is 12.1. The van der Waals surface area contributed by atoms with Gasteiger partial charge in [0.05, 0.1) is 6.61 Å². The van der Waals surface area contributed by atoms with E-state index in [2.05, 4.69) is 0 Å². The Morgan fingerprint density at radius 1 is 1.24 bits per heavy atom. The molecule has 1 heterocycles. The third-order valence-corrected chi connectivity index (χ3v) is 2.58. The fraction of sp³-hybridized carbons (Fsp3) is 0.538. The largest absolute Gasteiger partial charge is 0.454 e. The Morgan fingerprint density at radius 2 is 2.06 bits per heavy atom. The summed E-state index contributed by atoms with van der Waals surface area (Å²) >= 11 is 0. The minimum Gasteiger partial charge on any atom is -0.454 e. The Labute approximate surface area is 101 Å². The van der Waals surface area contributed by atoms with Gasteiger partial charge in [0.25, 0.3) is 0 Å². The number of benzene rings is 1. The predicted octanol–water partition coefficient (Wildman–Crippen LogP) is 2.36. The lowest BCUT2D eigenvalue weighted by atomic mass is 10.1. The number of rotatable bonds is 6. The smallest absolute Gasteiger partial charge is 0.231 e. The Bertz CT molecular complexity index is 364. The molecule has 2 rings (SSSR count). The summed E-state index contributed by atoms with van der Waals surface area (Å²) in [5, 5.41) is 0. The first kappa shape index (κ1) is 12.2. The lowest BCUT2D eigenvalue weighted by Crippen LogP contribution is -2.14. The van der Waals surface area contributed by atoms with Crippen molar-refractivity contribution in [3.05, 3.63) is 23.8 Å². The molecule has 1 aromatic rings. The van der Waals surface area contributed by atoms with Gasteiger partial charge in [-0.05, 0) is 38.0 Å². The molecule has 94 valence electrons. The van der Waals surface area contributed by atoms with Gasteiger partial charge in [0.2, 0.25) is 6.79 Å². The summed E-state index contributed by atoms with van der Waals surface area (Å²) in [5.41, 5.74) is 1.18. The second-order valence-electron chi connectivity index (χ2n) is 3.83. The van der Waals surface area contributed by atoms with Crippen molar-refractivity contribution in [1.82, 2.24) is 0 Å². The topological polar surface area (TPSA) is 36.9 Å². The molecular weight excluding hydrogens is 220 g/mol. The van der Waals surface area contributed by atoms with E-state index in [0.29, 0.717) is 20.0 Å². The van der Waals surface area contributed by atoms with Crippen LogP contribution >= 0.6 is 0 Å². The van der Waals surface area contributed by atoms with Crippen LogP contribution in [0.2, 0.25) is 0 Å². The molecule has 0 saturated heterocycles. The van der Waals surface area contributed by atoms with Crippen LogP contribution < -0.4 is 9.47 Å². The zero-order valence-corrected chi connectivity index (χ0v) is 10.3. The summed E-state index contributed by atoms with van der Waals surface area (Å²) in [7, 11) is 0. The molecule has 1 aliphatic rings. The van der Waals surface area contributed by atoms with Crippen molar-refractivity contribution in [2.75, 3.05) is 20.0 Å². The van der Waals surface area contributed by atoms with E-state index < -0.39 is 0 Å². The molecule has 0 aliphatic carbocycles. The molecule has 1 aliphatic heterocycles. The molecule has 0 fully saturated rings. The molecule has 0 bridgehead atoms. The Kier molecular flexibility index (Phi) is 4.23. The molecule has 0 spiro atoms. The minimum atomic E-state index is -0.144. The molecule has 0 radical (unpaired) electrons. The van der Waals surface area contributed by atoms with Crippen LogP contribution in [0.1, 0.15) is 19.4 Å². The average Bonchev–Trinajstić information content (AvgIpc) is 2.76. The first-order valence-corrected chi connectivity index (χ1v) is 5.91. The van der Waals surface area contributed by atoms with Crippen molar-refractivity contribution < 1.29 is 18.9 Å². The molecular formula is C13H18O4. The lowest BCUT2D eigenvalue weighted by Gasteiger charge is -2.12. The maximum atomic E-state index is 5.51. The fourth-order valence-electron chi connectivity index (χ4n) is 1.72. The summed E-state index contributed by atoms with van der Waals surface area (Å²) in [6.07, 6.45) is 0.697. The highest BCUT2D eigenvalue weighted by Crippen LogP contribution is 2.32. The zero-order valence-electron chi connectivity index (χ0n) is 10.3. The fourth-order valence-corrected chi connectivity index (χ4v) is 1.72. The molecule has 0 aromatic heterocycles. The van der Waals surface area contributed by atoms with Gasteiger partial charge in [-0.25, -0.2) is 0 Å². The van der Waals surface area contributed by atoms with Crippen molar-refractivity contribution in [3.8, 4) is 11.5 Å². The van der Waals surface area contributed by atoms with Gasteiger partial charge in [-0.3, -0.25) is 0 Å². The van der Waals surface area contributed by atoms with Crippen LogP contribution in [-0.2, 0) is 15.9 Å². The van der Waals surface area contributed by atoms with E-state index in [9.17, 15) is 0 Å². The summed E-state index contributed by atoms with van der Waals surface area (Å²) in [6.45, 7) is 5.49. The van der Waals surface area contributed by atoms with Crippen molar-refractivity contribution in [1.29, 1.82) is 0 Å². The molecule has 17 heavy (non-hydrogen) atoms. The molecule has 0 N–H and O–H groups in total. The van der Waals surface area contributed by atoms with Crippen LogP contribution in [0.5, 0.6) is 11.5 Å². The second-order valence-corrected chi connectivity index (χ2v) is 3.83. The third kappa shape index (κ3) is 3.35. The predicted molar refractivity (Wildman–Crippen MR) is 63.3 cm³/mol. The van der Waals surface area contributed by atoms with Gasteiger partial charge in [0, 0.05) is 6.61 Å². The van der Waals surface area contributed by atoms with Gasteiger partial charge in [0.15, 0.2) is 17.8 Å². The molecule has 1 unspecified atom stereocenters. The molecule has 1 aromatic carbocycles. The summed E-state index contributed by atoms with van der Waals surface area (Å²) in [5.74, 6) is 1.64. The van der Waals surface area contributed by atoms with Gasteiger partial charge in [-0.1, -0.05) is 6.07 Å². The normalized spacial score (nSPS) is 14.9. The van der Waals surface area contributed by atoms with Crippen LogP contribution in [0.25, 0.3) is 0 Å². The molecule has 4 heteroatoms. The maximum Gasteiger partial charge on any atom is 0.231 e. The van der Waals surface area contributed by atoms with E-state index in [1.165, 1.54) is 5.56 Å². The van der Waals surface area contributed by atoms with Crippen LogP contribution in [0.15, 0.2) is 18.2 Å². The molecule has 4 nitrogen and oxygen atoms in total. The van der Waals surface area contributed by atoms with Crippen LogP contribution in [0.4, 0.5) is 0 Å². The van der Waals surface area contributed by atoms with Crippen molar-refractivity contribution >= 4 is 0 Å². The highest BCUT2D eigenvalue weighted by Gasteiger charge is 2.13. The van der Waals surface area contributed by atoms with E-state index in [1.54, 1.807) is 0 Å². The van der Waals surface area contributed by atoms with Gasteiger partial charge in [-0.2, -0.15) is 0 Å². The van der Waals surface area contributed by atoms with Gasteiger partial charge in [-0.15, -0.1) is 0 Å². The summed E-state index contributed by atoms with van der Waals surface area (Å²) in [6, 6.07) is 5.96. The molecule has 0 amide bonds. The van der Waals surface area contributed by atoms with E-state index in [-0.39, 0.29) is 6.29 Å². The maximum absolute atomic E-state index is 5.51. The Balaban J connectivity index is 1.79. The van der Waals surface area contributed by atoms with Gasteiger partial charge in [0.1, 0.15) is 0 Å². The summed E-state index contributed by atoms with van der Waals surface area (Å²) < 4.78 is 21.4. The molecule has 0 saturated carbocycles. The average molecular weight is 238 g/mol. The van der Waals surface area contributed by atoms with Crippen LogP contribution in [0.3, 0.4) is 0 Å². The van der Waals surface area contributed by atoms with Crippen molar-refractivity contribution in [3.63, 3.8) is 0 Å². The monoisotopic (exact) mass is 238 g/mol. The SMILES string of the molecule is CCOC(C)OCCc1ccc2c(c1)OCO2. The van der Waals surface area contributed by atoms with Crippen molar-refractivity contribution in [2.24, 2.45) is 0 Å². The Hall–Kier alpha value is -1.26. The first-order chi connectivity index (χ1) is 8.29. The number of hydrogen-bond acceptors (Lipinski definition) is 4. The van der Waals surface area contributed by atoms with E-state index in [4.69, 9.17) is 18.9 Å². The highest BCUT2D eigenvalue weighted by molar-refractivity contribution is 5.44. The van der Waals surface area contributed by atoms with E-state index >= 15 is 0 Å². The Morgan fingerprint density at radius 3 is 2.88 bits per heavy atom. The number of hydrogen-bond donors (Lipinski definition) is 0. The lowest BCUT2D eigenvalue weighted by molar-refractivity contribution is -0.126. The van der Waals surface area contributed by atoms with Gasteiger partial charge < -0.3 is 18.9 Å². The standard InChI is InChI=1S/C13H18O4/c1-3-14-10(2)15-7-6-11-4-5-12-13(8-11)17-9-16-12/h4-5,8,10H,3,6-7,9H2,1-2H3. The number of fused-ring (bicyclic) bond motifs is 1. The van der Waals surface area contributed by atoms with Crippen molar-refractivity contribution in [2.45, 2.75) is 26.6 Å². The van der Waals surface area contributed by atoms with E-state index in [0.717, 1.165) is 17.9 Å². The highest BCUT2D eigenvalue weighted by atomic mass is 16.7. The minimum absolute atomic E-state index is 0.144. The van der Waals surface area contributed by atoms with Crippen LogP contribution in [0, 0.1) is 0 Å². The quantitative estimate of drug-likeness (QED) is 0.713. The van der Waals surface area contributed by atoms with E-state index in [1.807, 2.05) is 32.0 Å². The molecule has 1 atom stereocenters. The first-order valence-electron chi connectivity index (χ1n) is 5.91. The second kappa shape index (κ2) is 5.89. The van der Waals surface area contributed by atoms with Crippen LogP contribution in [-0.4, -0.2) is 26.3 Å². The number of ether oxygens (including phenoxy) is 4.